The summed E-state index contributed by atoms with van der Waals surface area (Å²) in [6, 6.07) is 10.4. The second kappa shape index (κ2) is 6.15. The molecular weight excluding hydrogens is 305 g/mol. The molecule has 3 rings (SSSR count). The van der Waals surface area contributed by atoms with Crippen LogP contribution in [0.1, 0.15) is 37.1 Å². The highest BCUT2D eigenvalue weighted by atomic mass is 35.5. The number of ether oxygens (including phenoxy) is 2. The molecule has 116 valence electrons. The van der Waals surface area contributed by atoms with Crippen LogP contribution >= 0.6 is 11.6 Å². The molecule has 0 aliphatic carbocycles. The Morgan fingerprint density at radius 3 is 2.59 bits per heavy atom. The molecule has 0 radical (unpaired) electrons. The maximum atomic E-state index is 13.1. The molecule has 2 unspecified atom stereocenters. The van der Waals surface area contributed by atoms with E-state index in [2.05, 4.69) is 12.2 Å². The number of benzene rings is 2. The summed E-state index contributed by atoms with van der Waals surface area (Å²) in [5.41, 5.74) is 1.96. The van der Waals surface area contributed by atoms with Gasteiger partial charge in [0.15, 0.2) is 11.5 Å². The highest BCUT2D eigenvalue weighted by Gasteiger charge is 2.18. The van der Waals surface area contributed by atoms with E-state index in [1.54, 1.807) is 6.07 Å². The Bertz CT molecular complexity index is 692. The monoisotopic (exact) mass is 321 g/mol. The summed E-state index contributed by atoms with van der Waals surface area (Å²) >= 11 is 6.11. The average Bonchev–Trinajstić information content (AvgIpc) is 2.94. The number of halogens is 2. The lowest BCUT2D eigenvalue weighted by Gasteiger charge is -2.22. The molecule has 22 heavy (non-hydrogen) atoms. The standard InChI is InChI=1S/C17H17ClFNO2/c1-10(12-3-6-16-17(7-12)22-9-21-16)20-11(2)14-5-4-13(19)8-15(14)18/h3-8,10-11,20H,9H2,1-2H3. The third-order valence-electron chi connectivity index (χ3n) is 3.83. The van der Waals surface area contributed by atoms with Crippen LogP contribution < -0.4 is 14.8 Å². The number of nitrogens with one attached hydrogen (secondary N) is 1. The molecule has 1 aliphatic heterocycles. The van der Waals surface area contributed by atoms with E-state index in [1.807, 2.05) is 25.1 Å². The lowest BCUT2D eigenvalue weighted by Crippen LogP contribution is -2.22. The highest BCUT2D eigenvalue weighted by Crippen LogP contribution is 2.35. The molecule has 2 aromatic rings. The fraction of sp³-hybridized carbons (Fsp3) is 0.294. The van der Waals surface area contributed by atoms with Crippen molar-refractivity contribution < 1.29 is 13.9 Å². The van der Waals surface area contributed by atoms with E-state index in [4.69, 9.17) is 21.1 Å². The lowest BCUT2D eigenvalue weighted by molar-refractivity contribution is 0.174. The van der Waals surface area contributed by atoms with Gasteiger partial charge in [-0.2, -0.15) is 0 Å². The molecule has 0 saturated carbocycles. The molecule has 0 aromatic heterocycles. The van der Waals surface area contributed by atoms with Gasteiger partial charge in [0, 0.05) is 17.1 Å². The van der Waals surface area contributed by atoms with Crippen molar-refractivity contribution in [1.29, 1.82) is 0 Å². The Balaban J connectivity index is 1.74. The molecule has 1 aliphatic rings. The van der Waals surface area contributed by atoms with Gasteiger partial charge >= 0.3 is 0 Å². The van der Waals surface area contributed by atoms with Gasteiger partial charge in [-0.15, -0.1) is 0 Å². The molecule has 2 aromatic carbocycles. The quantitative estimate of drug-likeness (QED) is 0.891. The van der Waals surface area contributed by atoms with E-state index in [0.29, 0.717) is 5.02 Å². The van der Waals surface area contributed by atoms with Crippen molar-refractivity contribution in [3.05, 3.63) is 58.4 Å². The van der Waals surface area contributed by atoms with Crippen LogP contribution in [0.5, 0.6) is 11.5 Å². The Morgan fingerprint density at radius 2 is 1.82 bits per heavy atom. The third-order valence-corrected chi connectivity index (χ3v) is 4.15. The summed E-state index contributed by atoms with van der Waals surface area (Å²) in [6.07, 6.45) is 0. The summed E-state index contributed by atoms with van der Waals surface area (Å²) in [7, 11) is 0. The first kappa shape index (κ1) is 15.1. The first-order chi connectivity index (χ1) is 10.5. The van der Waals surface area contributed by atoms with Crippen molar-refractivity contribution in [2.75, 3.05) is 6.79 Å². The molecule has 0 amide bonds. The molecule has 0 fully saturated rings. The van der Waals surface area contributed by atoms with E-state index in [-0.39, 0.29) is 24.7 Å². The third kappa shape index (κ3) is 3.03. The zero-order valence-corrected chi connectivity index (χ0v) is 13.2. The minimum atomic E-state index is -0.329. The summed E-state index contributed by atoms with van der Waals surface area (Å²) in [5, 5.41) is 3.89. The van der Waals surface area contributed by atoms with Gasteiger partial charge in [-0.25, -0.2) is 4.39 Å². The van der Waals surface area contributed by atoms with Crippen LogP contribution in [0.25, 0.3) is 0 Å². The van der Waals surface area contributed by atoms with Crippen molar-refractivity contribution in [1.82, 2.24) is 5.32 Å². The van der Waals surface area contributed by atoms with Crippen molar-refractivity contribution in [3.8, 4) is 11.5 Å². The number of hydrogen-bond donors (Lipinski definition) is 1. The van der Waals surface area contributed by atoms with Gasteiger partial charge in [-0.05, 0) is 49.2 Å². The number of hydrogen-bond acceptors (Lipinski definition) is 3. The van der Waals surface area contributed by atoms with Gasteiger partial charge in [0.25, 0.3) is 0 Å². The predicted molar refractivity (Wildman–Crippen MR) is 83.9 cm³/mol. The first-order valence-electron chi connectivity index (χ1n) is 7.15. The predicted octanol–water partition coefficient (Wildman–Crippen LogP) is 4.62. The summed E-state index contributed by atoms with van der Waals surface area (Å²) < 4.78 is 23.8. The Hall–Kier alpha value is -1.78. The van der Waals surface area contributed by atoms with Crippen LogP contribution in [-0.4, -0.2) is 6.79 Å². The molecule has 0 bridgehead atoms. The molecule has 1 heterocycles. The van der Waals surface area contributed by atoms with E-state index in [0.717, 1.165) is 22.6 Å². The van der Waals surface area contributed by atoms with Crippen LogP contribution in [-0.2, 0) is 0 Å². The summed E-state index contributed by atoms with van der Waals surface area (Å²) in [4.78, 5) is 0. The Kier molecular flexibility index (Phi) is 4.23. The first-order valence-corrected chi connectivity index (χ1v) is 7.53. The Morgan fingerprint density at radius 1 is 1.05 bits per heavy atom. The van der Waals surface area contributed by atoms with Crippen LogP contribution in [0.3, 0.4) is 0 Å². The van der Waals surface area contributed by atoms with Gasteiger partial charge < -0.3 is 14.8 Å². The van der Waals surface area contributed by atoms with Crippen molar-refractivity contribution in [2.45, 2.75) is 25.9 Å². The molecular formula is C17H17ClFNO2. The van der Waals surface area contributed by atoms with Crippen LogP contribution in [0.2, 0.25) is 5.02 Å². The minimum Gasteiger partial charge on any atom is -0.454 e. The molecule has 2 atom stereocenters. The summed E-state index contributed by atoms with van der Waals surface area (Å²) in [6.45, 7) is 4.33. The van der Waals surface area contributed by atoms with Crippen LogP contribution in [0.4, 0.5) is 4.39 Å². The zero-order valence-electron chi connectivity index (χ0n) is 12.4. The fourth-order valence-electron chi connectivity index (χ4n) is 2.60. The van der Waals surface area contributed by atoms with Crippen LogP contribution in [0.15, 0.2) is 36.4 Å². The lowest BCUT2D eigenvalue weighted by atomic mass is 10.0. The van der Waals surface area contributed by atoms with E-state index in [1.165, 1.54) is 12.1 Å². The molecule has 0 spiro atoms. The van der Waals surface area contributed by atoms with Gasteiger partial charge in [-0.1, -0.05) is 23.7 Å². The number of fused-ring (bicyclic) bond motifs is 1. The van der Waals surface area contributed by atoms with Crippen molar-refractivity contribution in [2.24, 2.45) is 0 Å². The summed E-state index contributed by atoms with van der Waals surface area (Å²) in [5.74, 6) is 1.20. The van der Waals surface area contributed by atoms with E-state index < -0.39 is 0 Å². The second-order valence-electron chi connectivity index (χ2n) is 5.39. The Labute approximate surface area is 134 Å². The fourth-order valence-corrected chi connectivity index (χ4v) is 2.93. The smallest absolute Gasteiger partial charge is 0.231 e. The number of rotatable bonds is 4. The molecule has 5 heteroatoms. The molecule has 3 nitrogen and oxygen atoms in total. The SMILES string of the molecule is CC(NC(C)c1ccc(F)cc1Cl)c1ccc2c(c1)OCO2. The van der Waals surface area contributed by atoms with Gasteiger partial charge in [0.2, 0.25) is 6.79 Å². The van der Waals surface area contributed by atoms with Crippen molar-refractivity contribution in [3.63, 3.8) is 0 Å². The maximum Gasteiger partial charge on any atom is 0.231 e. The average molecular weight is 322 g/mol. The second-order valence-corrected chi connectivity index (χ2v) is 5.80. The van der Waals surface area contributed by atoms with Gasteiger partial charge in [0.05, 0.1) is 0 Å². The van der Waals surface area contributed by atoms with Gasteiger partial charge in [-0.3, -0.25) is 0 Å². The van der Waals surface area contributed by atoms with E-state index in [9.17, 15) is 4.39 Å². The van der Waals surface area contributed by atoms with Gasteiger partial charge in [0.1, 0.15) is 5.82 Å². The normalized spacial score (nSPS) is 15.6. The highest BCUT2D eigenvalue weighted by molar-refractivity contribution is 6.31. The van der Waals surface area contributed by atoms with Crippen LogP contribution in [0, 0.1) is 5.82 Å². The topological polar surface area (TPSA) is 30.5 Å². The zero-order chi connectivity index (χ0) is 15.7. The maximum absolute atomic E-state index is 13.1. The minimum absolute atomic E-state index is 0.00600. The molecule has 0 saturated heterocycles. The van der Waals surface area contributed by atoms with E-state index >= 15 is 0 Å². The largest absolute Gasteiger partial charge is 0.454 e. The molecule has 1 N–H and O–H groups in total. The van der Waals surface area contributed by atoms with Crippen molar-refractivity contribution >= 4 is 11.6 Å².